The number of rotatable bonds is 12. The van der Waals surface area contributed by atoms with Crippen molar-refractivity contribution >= 4 is 5.97 Å². The Bertz CT molecular complexity index is 351. The first kappa shape index (κ1) is 22.1. The van der Waals surface area contributed by atoms with Gasteiger partial charge in [0.15, 0.2) is 0 Å². The van der Waals surface area contributed by atoms with E-state index in [1.807, 2.05) is 6.92 Å². The Morgan fingerprint density at radius 2 is 1.48 bits per heavy atom. The summed E-state index contributed by atoms with van der Waals surface area (Å²) in [5, 5.41) is 26.9. The van der Waals surface area contributed by atoms with Crippen molar-refractivity contribution in [1.29, 1.82) is 0 Å². The van der Waals surface area contributed by atoms with Crippen molar-refractivity contribution in [3.05, 3.63) is 0 Å². The quantitative estimate of drug-likeness (QED) is 0.284. The van der Waals surface area contributed by atoms with E-state index in [1.54, 1.807) is 0 Å². The first-order valence-electron chi connectivity index (χ1n) is 7.38. The SMILES string of the molecule is CCCCCCC(F)(F)C(F)(F)C(=O)OCC(CO)(CO)CO. The fraction of sp³-hybridized carbons (Fsp3) is 0.929. The van der Waals surface area contributed by atoms with Crippen LogP contribution in [-0.4, -0.2) is 59.6 Å². The zero-order valence-electron chi connectivity index (χ0n) is 13.0. The minimum atomic E-state index is -5.02. The van der Waals surface area contributed by atoms with E-state index in [9.17, 15) is 22.4 Å². The average molecular weight is 348 g/mol. The van der Waals surface area contributed by atoms with E-state index in [4.69, 9.17) is 15.3 Å². The van der Waals surface area contributed by atoms with Gasteiger partial charge in [-0.1, -0.05) is 26.2 Å². The van der Waals surface area contributed by atoms with Crippen LogP contribution >= 0.6 is 0 Å². The molecule has 138 valence electrons. The molecule has 0 heterocycles. The molecule has 0 aromatic heterocycles. The molecule has 9 heteroatoms. The van der Waals surface area contributed by atoms with Crippen molar-refractivity contribution < 1.29 is 42.4 Å². The topological polar surface area (TPSA) is 87.0 Å². The van der Waals surface area contributed by atoms with Gasteiger partial charge in [0.25, 0.3) is 0 Å². The fourth-order valence-corrected chi connectivity index (χ4v) is 1.68. The van der Waals surface area contributed by atoms with Crippen molar-refractivity contribution in [2.75, 3.05) is 26.4 Å². The van der Waals surface area contributed by atoms with Gasteiger partial charge < -0.3 is 20.1 Å². The van der Waals surface area contributed by atoms with Crippen molar-refractivity contribution in [2.45, 2.75) is 50.9 Å². The minimum absolute atomic E-state index is 0.155. The van der Waals surface area contributed by atoms with E-state index >= 15 is 0 Å². The molecule has 0 aliphatic heterocycles. The molecule has 0 amide bonds. The molecule has 0 bridgehead atoms. The lowest BCUT2D eigenvalue weighted by Crippen LogP contribution is -2.50. The van der Waals surface area contributed by atoms with Gasteiger partial charge in [-0.3, -0.25) is 0 Å². The second kappa shape index (κ2) is 9.39. The largest absolute Gasteiger partial charge is 0.460 e. The molecule has 0 aliphatic rings. The summed E-state index contributed by atoms with van der Waals surface area (Å²) in [5.41, 5.74) is -1.76. The van der Waals surface area contributed by atoms with E-state index in [-0.39, 0.29) is 6.42 Å². The summed E-state index contributed by atoms with van der Waals surface area (Å²) in [6.45, 7) is -1.78. The first-order chi connectivity index (χ1) is 10.6. The van der Waals surface area contributed by atoms with E-state index in [2.05, 4.69) is 4.74 Å². The zero-order valence-corrected chi connectivity index (χ0v) is 13.0. The van der Waals surface area contributed by atoms with Crippen molar-refractivity contribution in [1.82, 2.24) is 0 Å². The zero-order chi connectivity index (χ0) is 18.1. The molecule has 0 unspecified atom stereocenters. The molecule has 3 N–H and O–H groups in total. The van der Waals surface area contributed by atoms with Crippen LogP contribution in [0.15, 0.2) is 0 Å². The normalized spacial score (nSPS) is 13.2. The van der Waals surface area contributed by atoms with E-state index in [0.717, 1.165) is 6.42 Å². The molecule has 0 radical (unpaired) electrons. The Morgan fingerprint density at radius 3 is 1.91 bits per heavy atom. The molecule has 0 aromatic rings. The smallest absolute Gasteiger partial charge is 0.404 e. The number of halogens is 4. The maximum absolute atomic E-state index is 13.6. The second-order valence-corrected chi connectivity index (χ2v) is 5.64. The molecule has 23 heavy (non-hydrogen) atoms. The summed E-state index contributed by atoms with van der Waals surface area (Å²) in [6, 6.07) is 0. The summed E-state index contributed by atoms with van der Waals surface area (Å²) in [5.74, 6) is -12.0. The van der Waals surface area contributed by atoms with Crippen molar-refractivity contribution in [3.63, 3.8) is 0 Å². The van der Waals surface area contributed by atoms with Crippen LogP contribution < -0.4 is 0 Å². The summed E-state index contributed by atoms with van der Waals surface area (Å²) in [6.07, 6.45) is 0.408. The molecule has 0 rings (SSSR count). The maximum Gasteiger partial charge on any atom is 0.404 e. The highest BCUT2D eigenvalue weighted by Gasteiger charge is 2.62. The fourth-order valence-electron chi connectivity index (χ4n) is 1.68. The average Bonchev–Trinajstić information content (AvgIpc) is 2.53. The van der Waals surface area contributed by atoms with Gasteiger partial charge in [0.2, 0.25) is 0 Å². The van der Waals surface area contributed by atoms with Crippen LogP contribution in [0.25, 0.3) is 0 Å². The summed E-state index contributed by atoms with van der Waals surface area (Å²) >= 11 is 0. The van der Waals surface area contributed by atoms with Gasteiger partial charge in [0.05, 0.1) is 25.2 Å². The van der Waals surface area contributed by atoms with E-state index in [1.165, 1.54) is 0 Å². The van der Waals surface area contributed by atoms with E-state index in [0.29, 0.717) is 12.8 Å². The van der Waals surface area contributed by atoms with Crippen LogP contribution in [0.1, 0.15) is 39.0 Å². The molecule has 0 saturated carbocycles. The highest BCUT2D eigenvalue weighted by Crippen LogP contribution is 2.39. The number of aliphatic hydroxyl groups is 3. The number of ether oxygens (including phenoxy) is 1. The number of carbonyl (C=O) groups is 1. The minimum Gasteiger partial charge on any atom is -0.460 e. The van der Waals surface area contributed by atoms with Gasteiger partial charge in [-0.15, -0.1) is 0 Å². The van der Waals surface area contributed by atoms with Crippen LogP contribution in [0, 0.1) is 5.41 Å². The summed E-state index contributed by atoms with van der Waals surface area (Å²) in [4.78, 5) is 11.3. The molecule has 0 aliphatic carbocycles. The third-order valence-corrected chi connectivity index (χ3v) is 3.58. The van der Waals surface area contributed by atoms with Gasteiger partial charge in [-0.05, 0) is 6.42 Å². The Hall–Kier alpha value is -0.930. The summed E-state index contributed by atoms with van der Waals surface area (Å²) < 4.78 is 58.4. The number of alkyl halides is 4. The lowest BCUT2D eigenvalue weighted by atomic mass is 9.92. The molecular formula is C14H24F4O5. The van der Waals surface area contributed by atoms with Crippen LogP contribution in [0.2, 0.25) is 0 Å². The van der Waals surface area contributed by atoms with Crippen LogP contribution in [0.3, 0.4) is 0 Å². The summed E-state index contributed by atoms with van der Waals surface area (Å²) in [7, 11) is 0. The van der Waals surface area contributed by atoms with Crippen molar-refractivity contribution in [2.24, 2.45) is 5.41 Å². The molecule has 0 fully saturated rings. The van der Waals surface area contributed by atoms with Crippen LogP contribution in [0.5, 0.6) is 0 Å². The van der Waals surface area contributed by atoms with Gasteiger partial charge in [-0.2, -0.15) is 17.6 Å². The molecular weight excluding hydrogens is 324 g/mol. The van der Waals surface area contributed by atoms with Crippen LogP contribution in [0.4, 0.5) is 17.6 Å². The number of carbonyl (C=O) groups excluding carboxylic acids is 1. The predicted octanol–water partition coefficient (Wildman–Crippen LogP) is 1.73. The van der Waals surface area contributed by atoms with Gasteiger partial charge in [0, 0.05) is 6.42 Å². The monoisotopic (exact) mass is 348 g/mol. The number of esters is 1. The Kier molecular flexibility index (Phi) is 9.01. The number of aliphatic hydroxyl groups excluding tert-OH is 3. The van der Waals surface area contributed by atoms with Crippen molar-refractivity contribution in [3.8, 4) is 0 Å². The Balaban J connectivity index is 4.74. The standard InChI is InChI=1S/C14H24F4O5/c1-2-3-4-5-6-13(15,16)14(17,18)11(22)23-10-12(7-19,8-20)9-21/h19-21H,2-10H2,1H3. The second-order valence-electron chi connectivity index (χ2n) is 5.64. The number of hydrogen-bond donors (Lipinski definition) is 3. The Morgan fingerprint density at radius 1 is 0.957 bits per heavy atom. The molecule has 0 aromatic carbocycles. The van der Waals surface area contributed by atoms with Gasteiger partial charge >= 0.3 is 17.8 Å². The number of hydrogen-bond acceptors (Lipinski definition) is 5. The third-order valence-electron chi connectivity index (χ3n) is 3.58. The Labute approximate surface area is 132 Å². The van der Waals surface area contributed by atoms with Gasteiger partial charge in [-0.25, -0.2) is 4.79 Å². The lowest BCUT2D eigenvalue weighted by molar-refractivity contribution is -0.233. The molecule has 0 atom stereocenters. The first-order valence-corrected chi connectivity index (χ1v) is 7.38. The third kappa shape index (κ3) is 5.89. The molecule has 0 saturated heterocycles. The lowest BCUT2D eigenvalue weighted by Gasteiger charge is -2.29. The molecule has 5 nitrogen and oxygen atoms in total. The maximum atomic E-state index is 13.6. The highest BCUT2D eigenvalue weighted by atomic mass is 19.3. The molecule has 0 spiro atoms. The van der Waals surface area contributed by atoms with Crippen LogP contribution in [-0.2, 0) is 9.53 Å². The highest BCUT2D eigenvalue weighted by molar-refractivity contribution is 5.79. The number of unbranched alkanes of at least 4 members (excludes halogenated alkanes) is 3. The predicted molar refractivity (Wildman–Crippen MR) is 73.3 cm³/mol. The van der Waals surface area contributed by atoms with Gasteiger partial charge in [0.1, 0.15) is 6.61 Å². The van der Waals surface area contributed by atoms with E-state index < -0.39 is 56.1 Å².